The van der Waals surface area contributed by atoms with Crippen LogP contribution >= 0.6 is 11.6 Å². The topological polar surface area (TPSA) is 49.4 Å². The third-order valence-electron chi connectivity index (χ3n) is 5.52. The van der Waals surface area contributed by atoms with Crippen molar-refractivity contribution in [2.75, 3.05) is 6.54 Å². The maximum Gasteiger partial charge on any atom is 0.243 e. The highest BCUT2D eigenvalue weighted by molar-refractivity contribution is 6.31. The van der Waals surface area contributed by atoms with Crippen molar-refractivity contribution in [2.45, 2.75) is 39.3 Å². The number of halogens is 2. The molecule has 0 heterocycles. The lowest BCUT2D eigenvalue weighted by molar-refractivity contribution is -0.140. The van der Waals surface area contributed by atoms with Gasteiger partial charge >= 0.3 is 0 Å². The number of hydrogen-bond donors (Lipinski definition) is 1. The molecule has 3 aromatic rings. The van der Waals surface area contributed by atoms with E-state index in [4.69, 9.17) is 11.6 Å². The summed E-state index contributed by atoms with van der Waals surface area (Å²) in [5.74, 6) is -0.524. The quantitative estimate of drug-likeness (QED) is 0.420. The van der Waals surface area contributed by atoms with Gasteiger partial charge in [0.25, 0.3) is 0 Å². The van der Waals surface area contributed by atoms with Crippen molar-refractivity contribution in [1.82, 2.24) is 10.2 Å². The molecule has 6 heteroatoms. The Labute approximate surface area is 205 Å². The lowest BCUT2D eigenvalue weighted by Gasteiger charge is -2.32. The molecule has 0 unspecified atom stereocenters. The van der Waals surface area contributed by atoms with Gasteiger partial charge in [-0.3, -0.25) is 9.59 Å². The van der Waals surface area contributed by atoms with Crippen molar-refractivity contribution in [3.63, 3.8) is 0 Å². The third kappa shape index (κ3) is 7.42. The van der Waals surface area contributed by atoms with E-state index in [0.29, 0.717) is 23.6 Å². The van der Waals surface area contributed by atoms with E-state index >= 15 is 0 Å². The summed E-state index contributed by atoms with van der Waals surface area (Å²) in [6, 6.07) is 22.1. The molecular weight excluding hydrogens is 451 g/mol. The first kappa shape index (κ1) is 25.4. The highest BCUT2D eigenvalue weighted by Gasteiger charge is 2.30. The van der Waals surface area contributed by atoms with Gasteiger partial charge in [-0.05, 0) is 40.8 Å². The van der Waals surface area contributed by atoms with Crippen LogP contribution in [0.2, 0.25) is 5.02 Å². The van der Waals surface area contributed by atoms with E-state index in [1.54, 1.807) is 29.2 Å². The fourth-order valence-electron chi connectivity index (χ4n) is 3.67. The van der Waals surface area contributed by atoms with E-state index in [1.165, 1.54) is 12.1 Å². The molecule has 0 aliphatic rings. The van der Waals surface area contributed by atoms with E-state index in [-0.39, 0.29) is 36.5 Å². The van der Waals surface area contributed by atoms with Crippen molar-refractivity contribution in [3.05, 3.63) is 106 Å². The minimum absolute atomic E-state index is 0.0591. The fourth-order valence-corrected chi connectivity index (χ4v) is 3.87. The number of nitrogens with zero attached hydrogens (tertiary/aromatic N) is 1. The molecule has 3 aromatic carbocycles. The molecule has 4 nitrogen and oxygen atoms in total. The van der Waals surface area contributed by atoms with Crippen LogP contribution in [0.1, 0.15) is 30.5 Å². The van der Waals surface area contributed by atoms with Crippen molar-refractivity contribution in [1.29, 1.82) is 0 Å². The number of rotatable bonds is 10. The highest BCUT2D eigenvalue weighted by atomic mass is 35.5. The van der Waals surface area contributed by atoms with E-state index in [0.717, 1.165) is 11.1 Å². The normalized spacial score (nSPS) is 11.8. The van der Waals surface area contributed by atoms with Crippen LogP contribution in [0.25, 0.3) is 0 Å². The summed E-state index contributed by atoms with van der Waals surface area (Å²) < 4.78 is 13.5. The molecule has 0 saturated heterocycles. The number of carbonyl (C=O) groups excluding carboxylic acids is 2. The molecule has 1 atom stereocenters. The molecule has 0 radical (unpaired) electrons. The van der Waals surface area contributed by atoms with Crippen molar-refractivity contribution < 1.29 is 14.0 Å². The Kier molecular flexibility index (Phi) is 9.23. The van der Waals surface area contributed by atoms with Crippen LogP contribution in [-0.2, 0) is 29.0 Å². The van der Waals surface area contributed by atoms with Crippen LogP contribution in [0.3, 0.4) is 0 Å². The molecule has 0 bridgehead atoms. The average Bonchev–Trinajstić information content (AvgIpc) is 2.83. The molecule has 0 spiro atoms. The maximum absolute atomic E-state index is 13.6. The second-order valence-corrected chi connectivity index (χ2v) is 9.17. The first-order chi connectivity index (χ1) is 16.3. The zero-order chi connectivity index (χ0) is 24.5. The zero-order valence-electron chi connectivity index (χ0n) is 19.5. The summed E-state index contributed by atoms with van der Waals surface area (Å²) in [6.07, 6.45) is 0.420. The van der Waals surface area contributed by atoms with Gasteiger partial charge < -0.3 is 10.2 Å². The van der Waals surface area contributed by atoms with E-state index < -0.39 is 6.04 Å². The van der Waals surface area contributed by atoms with Gasteiger partial charge in [-0.15, -0.1) is 0 Å². The summed E-state index contributed by atoms with van der Waals surface area (Å²) in [5, 5.41) is 3.49. The van der Waals surface area contributed by atoms with Gasteiger partial charge in [0.05, 0.1) is 6.42 Å². The molecule has 0 fully saturated rings. The van der Waals surface area contributed by atoms with Crippen LogP contribution in [-0.4, -0.2) is 29.3 Å². The number of carbonyl (C=O) groups is 2. The van der Waals surface area contributed by atoms with Crippen molar-refractivity contribution >= 4 is 23.4 Å². The summed E-state index contributed by atoms with van der Waals surface area (Å²) >= 11 is 6.32. The minimum atomic E-state index is -0.735. The summed E-state index contributed by atoms with van der Waals surface area (Å²) in [7, 11) is 0. The van der Waals surface area contributed by atoms with E-state index in [9.17, 15) is 14.0 Å². The summed E-state index contributed by atoms with van der Waals surface area (Å²) in [6.45, 7) is 4.72. The van der Waals surface area contributed by atoms with Gasteiger partial charge in [0.15, 0.2) is 0 Å². The molecule has 0 aliphatic carbocycles. The SMILES string of the molecule is CC(C)CNC(=O)[C@@H](Cc1ccccc1)N(Cc1ccc(F)cc1)C(=O)Cc1ccccc1Cl. The summed E-state index contributed by atoms with van der Waals surface area (Å²) in [4.78, 5) is 28.6. The Hall–Kier alpha value is -3.18. The van der Waals surface area contributed by atoms with Crippen molar-refractivity contribution in [2.24, 2.45) is 5.92 Å². The predicted molar refractivity (Wildman–Crippen MR) is 134 cm³/mol. The second-order valence-electron chi connectivity index (χ2n) is 8.76. The third-order valence-corrected chi connectivity index (χ3v) is 5.89. The molecule has 2 amide bonds. The van der Waals surface area contributed by atoms with Crippen LogP contribution in [0.5, 0.6) is 0 Å². The number of hydrogen-bond acceptors (Lipinski definition) is 2. The molecule has 34 heavy (non-hydrogen) atoms. The fraction of sp³-hybridized carbons (Fsp3) is 0.286. The first-order valence-corrected chi connectivity index (χ1v) is 11.8. The number of amides is 2. The monoisotopic (exact) mass is 480 g/mol. The van der Waals surface area contributed by atoms with E-state index in [1.807, 2.05) is 56.3 Å². The lowest BCUT2D eigenvalue weighted by atomic mass is 10.0. The minimum Gasteiger partial charge on any atom is -0.354 e. The first-order valence-electron chi connectivity index (χ1n) is 11.4. The Morgan fingerprint density at radius 1 is 0.912 bits per heavy atom. The standard InChI is InChI=1S/C28H30ClFN2O2/c1-20(2)18-31-28(34)26(16-21-8-4-3-5-9-21)32(19-22-12-14-24(30)15-13-22)27(33)17-23-10-6-7-11-25(23)29/h3-15,20,26H,16-19H2,1-2H3,(H,31,34)/t26-/m1/s1. The molecule has 0 aliphatic heterocycles. The van der Waals surface area contributed by atoms with Gasteiger partial charge in [-0.1, -0.05) is 86.1 Å². The molecule has 178 valence electrons. The van der Waals surface area contributed by atoms with Gasteiger partial charge in [-0.2, -0.15) is 0 Å². The summed E-state index contributed by atoms with van der Waals surface area (Å²) in [5.41, 5.74) is 2.38. The Morgan fingerprint density at radius 2 is 1.56 bits per heavy atom. The Morgan fingerprint density at radius 3 is 2.21 bits per heavy atom. The maximum atomic E-state index is 13.6. The highest BCUT2D eigenvalue weighted by Crippen LogP contribution is 2.20. The van der Waals surface area contributed by atoms with E-state index in [2.05, 4.69) is 5.32 Å². The van der Waals surface area contributed by atoms with Gasteiger partial charge in [0, 0.05) is 24.5 Å². The van der Waals surface area contributed by atoms with Gasteiger partial charge in [0.1, 0.15) is 11.9 Å². The average molecular weight is 481 g/mol. The van der Waals surface area contributed by atoms with Crippen molar-refractivity contribution in [3.8, 4) is 0 Å². The predicted octanol–water partition coefficient (Wildman–Crippen LogP) is 5.43. The Bertz CT molecular complexity index is 1090. The largest absolute Gasteiger partial charge is 0.354 e. The number of nitrogens with one attached hydrogen (secondary N) is 1. The van der Waals surface area contributed by atoms with Crippen LogP contribution < -0.4 is 5.32 Å². The molecule has 3 rings (SSSR count). The van der Waals surface area contributed by atoms with Crippen LogP contribution in [0.4, 0.5) is 4.39 Å². The van der Waals surface area contributed by atoms with Crippen LogP contribution in [0.15, 0.2) is 78.9 Å². The zero-order valence-corrected chi connectivity index (χ0v) is 20.3. The molecule has 1 N–H and O–H groups in total. The number of benzene rings is 3. The molecule has 0 aromatic heterocycles. The smallest absolute Gasteiger partial charge is 0.243 e. The second kappa shape index (κ2) is 12.3. The molecule has 0 saturated carbocycles. The van der Waals surface area contributed by atoms with Crippen LogP contribution in [0, 0.1) is 11.7 Å². The van der Waals surface area contributed by atoms with Gasteiger partial charge in [0.2, 0.25) is 11.8 Å². The molecular formula is C28H30ClFN2O2. The lowest BCUT2D eigenvalue weighted by Crippen LogP contribution is -2.51. The van der Waals surface area contributed by atoms with Gasteiger partial charge in [-0.25, -0.2) is 4.39 Å². The Balaban J connectivity index is 1.96.